The standard InChI is InChI=1S/C16H19F2N3O2/c1-10(13-20-11-6-3-4-7-12(11)21(13)2)19-14(22)16(17,18)15(23)8-5-9-15/h3-4,6-7,10,23H,5,8-9H2,1-2H3,(H,19,22). The van der Waals surface area contributed by atoms with Crippen molar-refractivity contribution in [1.29, 1.82) is 0 Å². The zero-order chi connectivity index (χ0) is 16.8. The smallest absolute Gasteiger partial charge is 0.352 e. The number of aliphatic hydroxyl groups is 1. The van der Waals surface area contributed by atoms with Crippen molar-refractivity contribution in [3.05, 3.63) is 30.1 Å². The van der Waals surface area contributed by atoms with Gasteiger partial charge in [-0.15, -0.1) is 0 Å². The van der Waals surface area contributed by atoms with Crippen molar-refractivity contribution in [3.63, 3.8) is 0 Å². The molecule has 5 nitrogen and oxygen atoms in total. The van der Waals surface area contributed by atoms with E-state index in [1.54, 1.807) is 18.5 Å². The minimum Gasteiger partial charge on any atom is -0.383 e. The summed E-state index contributed by atoms with van der Waals surface area (Å²) in [5.74, 6) is -4.78. The Bertz CT molecular complexity index is 753. The van der Waals surface area contributed by atoms with Crippen LogP contribution in [-0.4, -0.2) is 32.1 Å². The van der Waals surface area contributed by atoms with E-state index in [0.717, 1.165) is 11.0 Å². The molecular formula is C16H19F2N3O2. The van der Waals surface area contributed by atoms with Gasteiger partial charge in [0.15, 0.2) is 0 Å². The second-order valence-electron chi connectivity index (χ2n) is 6.17. The van der Waals surface area contributed by atoms with Gasteiger partial charge in [-0.2, -0.15) is 8.78 Å². The Morgan fingerprint density at radius 3 is 2.65 bits per heavy atom. The van der Waals surface area contributed by atoms with E-state index < -0.39 is 23.5 Å². The molecular weight excluding hydrogens is 304 g/mol. The van der Waals surface area contributed by atoms with Crippen molar-refractivity contribution in [2.75, 3.05) is 0 Å². The van der Waals surface area contributed by atoms with Crippen molar-refractivity contribution in [2.45, 2.75) is 43.8 Å². The van der Waals surface area contributed by atoms with Crippen LogP contribution in [0, 0.1) is 0 Å². The summed E-state index contributed by atoms with van der Waals surface area (Å²) in [5, 5.41) is 12.1. The molecule has 1 aromatic heterocycles. The lowest BCUT2D eigenvalue weighted by Gasteiger charge is -2.41. The van der Waals surface area contributed by atoms with E-state index >= 15 is 0 Å². The zero-order valence-electron chi connectivity index (χ0n) is 13.0. The molecule has 1 atom stereocenters. The van der Waals surface area contributed by atoms with Gasteiger partial charge in [-0.25, -0.2) is 4.98 Å². The van der Waals surface area contributed by atoms with Crippen LogP contribution in [0.3, 0.4) is 0 Å². The average Bonchev–Trinajstić information content (AvgIpc) is 2.82. The molecule has 0 radical (unpaired) electrons. The fourth-order valence-electron chi connectivity index (χ4n) is 2.94. The van der Waals surface area contributed by atoms with Crippen LogP contribution in [0.1, 0.15) is 38.1 Å². The summed E-state index contributed by atoms with van der Waals surface area (Å²) in [6.45, 7) is 1.60. The summed E-state index contributed by atoms with van der Waals surface area (Å²) >= 11 is 0. The van der Waals surface area contributed by atoms with Gasteiger partial charge in [-0.05, 0) is 38.3 Å². The number of aryl methyl sites for hydroxylation is 1. The van der Waals surface area contributed by atoms with Gasteiger partial charge in [-0.1, -0.05) is 12.1 Å². The number of halogens is 2. The van der Waals surface area contributed by atoms with E-state index in [1.165, 1.54) is 0 Å². The molecule has 2 aromatic rings. The van der Waals surface area contributed by atoms with E-state index in [9.17, 15) is 18.7 Å². The van der Waals surface area contributed by atoms with Crippen LogP contribution in [0.15, 0.2) is 24.3 Å². The largest absolute Gasteiger partial charge is 0.383 e. The molecule has 23 heavy (non-hydrogen) atoms. The SMILES string of the molecule is CC(NC(=O)C(F)(F)C1(O)CCC1)c1nc2ccccc2n1C. The van der Waals surface area contributed by atoms with Gasteiger partial charge in [-0.3, -0.25) is 4.79 Å². The lowest BCUT2D eigenvalue weighted by Crippen LogP contribution is -2.60. The number of hydrogen-bond donors (Lipinski definition) is 2. The fraction of sp³-hybridized carbons (Fsp3) is 0.500. The molecule has 0 spiro atoms. The maximum absolute atomic E-state index is 14.1. The second kappa shape index (κ2) is 5.26. The van der Waals surface area contributed by atoms with Gasteiger partial charge in [0.25, 0.3) is 5.91 Å². The Morgan fingerprint density at radius 1 is 1.43 bits per heavy atom. The van der Waals surface area contributed by atoms with Gasteiger partial charge in [0.1, 0.15) is 11.4 Å². The van der Waals surface area contributed by atoms with Gasteiger partial charge in [0.2, 0.25) is 0 Å². The molecule has 0 bridgehead atoms. The molecule has 7 heteroatoms. The molecule has 2 N–H and O–H groups in total. The van der Waals surface area contributed by atoms with Crippen LogP contribution < -0.4 is 5.32 Å². The van der Waals surface area contributed by atoms with Gasteiger partial charge >= 0.3 is 5.92 Å². The van der Waals surface area contributed by atoms with E-state index in [4.69, 9.17) is 0 Å². The van der Waals surface area contributed by atoms with E-state index in [1.807, 2.05) is 24.3 Å². The number of fused-ring (bicyclic) bond motifs is 1. The number of para-hydroxylation sites is 2. The Kier molecular flexibility index (Phi) is 3.63. The fourth-order valence-corrected chi connectivity index (χ4v) is 2.94. The van der Waals surface area contributed by atoms with E-state index in [2.05, 4.69) is 10.3 Å². The minimum absolute atomic E-state index is 0.0614. The van der Waals surface area contributed by atoms with Crippen molar-refractivity contribution in [3.8, 4) is 0 Å². The Labute approximate surface area is 132 Å². The predicted molar refractivity (Wildman–Crippen MR) is 81.0 cm³/mol. The Hall–Kier alpha value is -2.02. The van der Waals surface area contributed by atoms with Crippen molar-refractivity contribution >= 4 is 16.9 Å². The first-order valence-corrected chi connectivity index (χ1v) is 7.59. The quantitative estimate of drug-likeness (QED) is 0.907. The highest BCUT2D eigenvalue weighted by Crippen LogP contribution is 2.44. The van der Waals surface area contributed by atoms with Crippen molar-refractivity contribution in [1.82, 2.24) is 14.9 Å². The lowest BCUT2D eigenvalue weighted by molar-refractivity contribution is -0.216. The van der Waals surface area contributed by atoms with Crippen LogP contribution in [-0.2, 0) is 11.8 Å². The third-order valence-corrected chi connectivity index (χ3v) is 4.61. The van der Waals surface area contributed by atoms with Crippen LogP contribution in [0.4, 0.5) is 8.78 Å². The molecule has 1 aromatic carbocycles. The normalized spacial score (nSPS) is 18.5. The van der Waals surface area contributed by atoms with Gasteiger partial charge < -0.3 is 15.0 Å². The minimum atomic E-state index is -3.80. The molecule has 0 aliphatic heterocycles. The number of aromatic nitrogens is 2. The monoisotopic (exact) mass is 323 g/mol. The van der Waals surface area contributed by atoms with Gasteiger partial charge in [0, 0.05) is 7.05 Å². The summed E-state index contributed by atoms with van der Waals surface area (Å²) in [5.41, 5.74) is -0.633. The number of carbonyl (C=O) groups is 1. The molecule has 1 saturated carbocycles. The number of nitrogens with one attached hydrogen (secondary N) is 1. The number of rotatable bonds is 4. The number of alkyl halides is 2. The molecule has 1 amide bonds. The average molecular weight is 323 g/mol. The molecule has 1 fully saturated rings. The zero-order valence-corrected chi connectivity index (χ0v) is 13.0. The molecule has 1 unspecified atom stereocenters. The third-order valence-electron chi connectivity index (χ3n) is 4.61. The van der Waals surface area contributed by atoms with Gasteiger partial charge in [0.05, 0.1) is 17.1 Å². The van der Waals surface area contributed by atoms with Crippen LogP contribution >= 0.6 is 0 Å². The van der Waals surface area contributed by atoms with Crippen molar-refractivity contribution < 1.29 is 18.7 Å². The van der Waals surface area contributed by atoms with E-state index in [0.29, 0.717) is 12.2 Å². The topological polar surface area (TPSA) is 67.2 Å². The molecule has 1 heterocycles. The third kappa shape index (κ3) is 2.39. The second-order valence-corrected chi connectivity index (χ2v) is 6.17. The number of amides is 1. The van der Waals surface area contributed by atoms with Crippen LogP contribution in [0.2, 0.25) is 0 Å². The highest BCUT2D eigenvalue weighted by atomic mass is 19.3. The number of benzene rings is 1. The first-order valence-electron chi connectivity index (χ1n) is 7.59. The molecule has 0 saturated heterocycles. The highest BCUT2D eigenvalue weighted by molar-refractivity contribution is 5.85. The number of carbonyl (C=O) groups excluding carboxylic acids is 1. The van der Waals surface area contributed by atoms with Crippen molar-refractivity contribution in [2.24, 2.45) is 7.05 Å². The number of imidazole rings is 1. The number of hydrogen-bond acceptors (Lipinski definition) is 3. The summed E-state index contributed by atoms with van der Waals surface area (Å²) in [6, 6.07) is 6.68. The first kappa shape index (κ1) is 15.9. The van der Waals surface area contributed by atoms with E-state index in [-0.39, 0.29) is 12.8 Å². The first-order chi connectivity index (χ1) is 10.8. The molecule has 1 aliphatic carbocycles. The predicted octanol–water partition coefficient (Wildman–Crippen LogP) is 2.30. The summed E-state index contributed by atoms with van der Waals surface area (Å²) < 4.78 is 30.0. The van der Waals surface area contributed by atoms with Crippen LogP contribution in [0.5, 0.6) is 0 Å². The lowest BCUT2D eigenvalue weighted by atomic mass is 9.75. The maximum Gasteiger partial charge on any atom is 0.352 e. The molecule has 124 valence electrons. The summed E-state index contributed by atoms with van der Waals surface area (Å²) in [6.07, 6.45) is 0.377. The molecule has 3 rings (SSSR count). The number of nitrogens with zero attached hydrogens (tertiary/aromatic N) is 2. The summed E-state index contributed by atoms with van der Waals surface area (Å²) in [4.78, 5) is 16.3. The highest BCUT2D eigenvalue weighted by Gasteiger charge is 2.61. The van der Waals surface area contributed by atoms with Crippen LogP contribution in [0.25, 0.3) is 11.0 Å². The summed E-state index contributed by atoms with van der Waals surface area (Å²) in [7, 11) is 1.77. The Balaban J connectivity index is 1.81. The molecule has 1 aliphatic rings. The maximum atomic E-state index is 14.1. The Morgan fingerprint density at radius 2 is 2.09 bits per heavy atom.